The van der Waals surface area contributed by atoms with Gasteiger partial charge in [-0.2, -0.15) is 0 Å². The van der Waals surface area contributed by atoms with Gasteiger partial charge in [-0.25, -0.2) is 0 Å². The summed E-state index contributed by atoms with van der Waals surface area (Å²) < 4.78 is 0. The minimum atomic E-state index is 0. The van der Waals surface area contributed by atoms with E-state index in [1.54, 1.807) is 0 Å². The van der Waals surface area contributed by atoms with E-state index in [4.69, 9.17) is 0 Å². The summed E-state index contributed by atoms with van der Waals surface area (Å²) in [5, 5.41) is 0. The zero-order chi connectivity index (χ0) is 4.50. The molecule has 0 saturated carbocycles. The Kier molecular flexibility index (Phi) is 4.32. The van der Waals surface area contributed by atoms with Crippen molar-refractivity contribution in [3.63, 3.8) is 0 Å². The van der Waals surface area contributed by atoms with Crippen molar-refractivity contribution in [3.05, 3.63) is 0 Å². The van der Waals surface area contributed by atoms with E-state index < -0.39 is 0 Å². The normalized spacial score (nSPS) is 10.0. The van der Waals surface area contributed by atoms with Gasteiger partial charge in [-0.05, 0) is 5.41 Å². The van der Waals surface area contributed by atoms with Gasteiger partial charge < -0.3 is 0 Å². The molecule has 6 heavy (non-hydrogen) atoms. The molecule has 0 fully saturated rings. The second-order valence-electron chi connectivity index (χ2n) is 3.00. The number of hydrogen-bond donors (Lipinski definition) is 0. The first kappa shape index (κ1) is 9.73. The van der Waals surface area contributed by atoms with Crippen molar-refractivity contribution >= 4 is 17.4 Å². The lowest BCUT2D eigenvalue weighted by molar-refractivity contribution is 0.469. The van der Waals surface area contributed by atoms with E-state index in [1.165, 1.54) is 0 Å². The third-order valence-electron chi connectivity index (χ3n) is 0. The van der Waals surface area contributed by atoms with Gasteiger partial charge in [0.05, 0.1) is 0 Å². The molecule has 0 N–H and O–H groups in total. The molecule has 38 valence electrons. The van der Waals surface area contributed by atoms with Gasteiger partial charge in [0.1, 0.15) is 0 Å². The number of rotatable bonds is 0. The highest BCUT2D eigenvalue weighted by Gasteiger charge is 1.95. The van der Waals surface area contributed by atoms with Gasteiger partial charge in [0, 0.05) is 0 Å². The van der Waals surface area contributed by atoms with Crippen molar-refractivity contribution in [3.8, 4) is 0 Å². The SMILES string of the molecule is CC(C)(C)C.[AlH3]. The summed E-state index contributed by atoms with van der Waals surface area (Å²) in [5.74, 6) is 0. The molecule has 0 radical (unpaired) electrons. The molecule has 0 nitrogen and oxygen atoms in total. The molecule has 0 heterocycles. The molecular formula is C5H15Al. The molecule has 0 amide bonds. The lowest BCUT2D eigenvalue weighted by atomic mass is 10.0. The molecule has 0 atom stereocenters. The van der Waals surface area contributed by atoms with Crippen molar-refractivity contribution < 1.29 is 0 Å². The predicted octanol–water partition coefficient (Wildman–Crippen LogP) is 0.868. The van der Waals surface area contributed by atoms with Crippen molar-refractivity contribution in [1.82, 2.24) is 0 Å². The Balaban J connectivity index is 0. The first-order valence-electron chi connectivity index (χ1n) is 2.00. The average Bonchev–Trinajstić information content (AvgIpc) is 0.722. The fourth-order valence-corrected chi connectivity index (χ4v) is 0. The van der Waals surface area contributed by atoms with Crippen molar-refractivity contribution in [2.45, 2.75) is 27.7 Å². The van der Waals surface area contributed by atoms with Gasteiger partial charge >= 0.3 is 0 Å². The van der Waals surface area contributed by atoms with E-state index in [0.717, 1.165) is 0 Å². The molecule has 0 aliphatic carbocycles. The molecule has 1 heteroatoms. The van der Waals surface area contributed by atoms with Gasteiger partial charge in [-0.1, -0.05) is 27.7 Å². The molecule has 0 aliphatic rings. The third-order valence-corrected chi connectivity index (χ3v) is 0. The maximum Gasteiger partial charge on any atom is 0.187 e. The van der Waals surface area contributed by atoms with Gasteiger partial charge in [-0.3, -0.25) is 0 Å². The molecule has 0 aromatic heterocycles. The van der Waals surface area contributed by atoms with E-state index in [1.807, 2.05) is 0 Å². The lowest BCUT2D eigenvalue weighted by Gasteiger charge is -2.05. The van der Waals surface area contributed by atoms with Crippen LogP contribution in [0.1, 0.15) is 27.7 Å². The van der Waals surface area contributed by atoms with Crippen LogP contribution in [0.15, 0.2) is 0 Å². The standard InChI is InChI=1S/C5H12.Al.3H/c1-5(2,3)4;;;;/h1-4H3;;;;. The predicted molar refractivity (Wildman–Crippen MR) is 35.1 cm³/mol. The summed E-state index contributed by atoms with van der Waals surface area (Å²) in [7, 11) is 0. The van der Waals surface area contributed by atoms with Gasteiger partial charge in [0.2, 0.25) is 0 Å². The minimum Gasteiger partial charge on any atom is -0.0604 e. The highest BCUT2D eigenvalue weighted by Crippen LogP contribution is 2.07. The van der Waals surface area contributed by atoms with Crippen LogP contribution in [0.4, 0.5) is 0 Å². The monoisotopic (exact) mass is 102 g/mol. The summed E-state index contributed by atoms with van der Waals surface area (Å²) >= 11 is 0. The van der Waals surface area contributed by atoms with E-state index in [2.05, 4.69) is 27.7 Å². The summed E-state index contributed by atoms with van der Waals surface area (Å²) in [6.45, 7) is 8.75. The quantitative estimate of drug-likeness (QED) is 0.398. The van der Waals surface area contributed by atoms with Crippen molar-refractivity contribution in [2.24, 2.45) is 5.41 Å². The minimum absolute atomic E-state index is 0. The molecule has 0 aliphatic heterocycles. The molecule has 0 saturated heterocycles. The Morgan fingerprint density at radius 3 is 0.833 bits per heavy atom. The third kappa shape index (κ3) is 199. The summed E-state index contributed by atoms with van der Waals surface area (Å²) in [6, 6.07) is 0. The van der Waals surface area contributed by atoms with E-state index in [9.17, 15) is 0 Å². The van der Waals surface area contributed by atoms with Crippen LogP contribution in [0, 0.1) is 5.41 Å². The second-order valence-corrected chi connectivity index (χ2v) is 3.00. The molecule has 0 spiro atoms. The highest BCUT2D eigenvalue weighted by atomic mass is 27.0. The topological polar surface area (TPSA) is 0 Å². The van der Waals surface area contributed by atoms with Gasteiger partial charge in [0.25, 0.3) is 0 Å². The summed E-state index contributed by atoms with van der Waals surface area (Å²) in [6.07, 6.45) is 0. The zero-order valence-corrected chi connectivity index (χ0v) is 4.50. The zero-order valence-electron chi connectivity index (χ0n) is 4.50. The summed E-state index contributed by atoms with van der Waals surface area (Å²) in [4.78, 5) is 0. The van der Waals surface area contributed by atoms with Crippen LogP contribution in [0.2, 0.25) is 0 Å². The van der Waals surface area contributed by atoms with Crippen LogP contribution in [0.25, 0.3) is 0 Å². The van der Waals surface area contributed by atoms with Crippen LogP contribution in [0.3, 0.4) is 0 Å². The van der Waals surface area contributed by atoms with Gasteiger partial charge in [-0.15, -0.1) is 0 Å². The molecule has 0 rings (SSSR count). The Bertz CT molecular complexity index is 19.4. The van der Waals surface area contributed by atoms with Crippen LogP contribution < -0.4 is 0 Å². The van der Waals surface area contributed by atoms with Crippen LogP contribution in [-0.2, 0) is 0 Å². The largest absolute Gasteiger partial charge is 0.187 e. The van der Waals surface area contributed by atoms with Crippen LogP contribution >= 0.6 is 0 Å². The smallest absolute Gasteiger partial charge is 0.0604 e. The molecular weight excluding hydrogens is 87.0 g/mol. The van der Waals surface area contributed by atoms with Gasteiger partial charge in [0.15, 0.2) is 17.4 Å². The fourth-order valence-electron chi connectivity index (χ4n) is 0. The Morgan fingerprint density at radius 1 is 0.833 bits per heavy atom. The van der Waals surface area contributed by atoms with E-state index >= 15 is 0 Å². The maximum absolute atomic E-state index is 2.19. The summed E-state index contributed by atoms with van der Waals surface area (Å²) in [5.41, 5.74) is 0.500. The highest BCUT2D eigenvalue weighted by molar-refractivity contribution is 5.75. The first-order chi connectivity index (χ1) is 2.00. The molecule has 0 aromatic carbocycles. The van der Waals surface area contributed by atoms with Crippen molar-refractivity contribution in [1.29, 1.82) is 0 Å². The molecule has 0 aromatic rings. The van der Waals surface area contributed by atoms with E-state index in [-0.39, 0.29) is 17.4 Å². The Hall–Kier alpha value is 0.532. The second kappa shape index (κ2) is 2.66. The Labute approximate surface area is 51.1 Å². The van der Waals surface area contributed by atoms with Crippen molar-refractivity contribution in [2.75, 3.05) is 0 Å². The molecule has 0 unspecified atom stereocenters. The van der Waals surface area contributed by atoms with E-state index in [0.29, 0.717) is 5.41 Å². The Morgan fingerprint density at radius 2 is 0.833 bits per heavy atom. The number of hydrogen-bond acceptors (Lipinski definition) is 0. The first-order valence-corrected chi connectivity index (χ1v) is 2.00. The van der Waals surface area contributed by atoms with Crippen LogP contribution in [0.5, 0.6) is 0 Å². The maximum atomic E-state index is 2.19. The fraction of sp³-hybridized carbons (Fsp3) is 1.00. The average molecular weight is 102 g/mol. The lowest BCUT2D eigenvalue weighted by Crippen LogP contribution is -1.93. The van der Waals surface area contributed by atoms with Crippen LogP contribution in [-0.4, -0.2) is 17.4 Å². The molecule has 0 bridgehead atoms.